The third-order valence-corrected chi connectivity index (χ3v) is 3.29. The summed E-state index contributed by atoms with van der Waals surface area (Å²) in [6, 6.07) is 0. The average molecular weight is 170 g/mol. The van der Waals surface area contributed by atoms with Gasteiger partial charge in [0.05, 0.1) is 6.10 Å². The van der Waals surface area contributed by atoms with Gasteiger partial charge in [-0.1, -0.05) is 26.7 Å². The van der Waals surface area contributed by atoms with Gasteiger partial charge < -0.3 is 5.11 Å². The van der Waals surface area contributed by atoms with Gasteiger partial charge in [0.15, 0.2) is 0 Å². The van der Waals surface area contributed by atoms with Gasteiger partial charge in [-0.25, -0.2) is 0 Å². The molecule has 0 spiro atoms. The highest BCUT2D eigenvalue weighted by Crippen LogP contribution is 2.32. The summed E-state index contributed by atoms with van der Waals surface area (Å²) in [5, 5.41) is 9.34. The summed E-state index contributed by atoms with van der Waals surface area (Å²) >= 11 is 0. The molecule has 0 aromatic rings. The highest BCUT2D eigenvalue weighted by molar-refractivity contribution is 4.75. The number of aliphatic hydroxyl groups excluding tert-OH is 1. The number of hydrogen-bond acceptors (Lipinski definition) is 1. The lowest BCUT2D eigenvalue weighted by Gasteiger charge is -2.29. The largest absolute Gasteiger partial charge is 0.393 e. The van der Waals surface area contributed by atoms with E-state index in [0.717, 1.165) is 24.7 Å². The van der Waals surface area contributed by atoms with Crippen molar-refractivity contribution in [3.05, 3.63) is 0 Å². The van der Waals surface area contributed by atoms with Crippen LogP contribution in [0.5, 0.6) is 0 Å². The molecular formula is C11H22O. The number of aliphatic hydroxyl groups is 1. The first-order valence-electron chi connectivity index (χ1n) is 5.42. The monoisotopic (exact) mass is 170 g/mol. The van der Waals surface area contributed by atoms with E-state index in [9.17, 15) is 5.11 Å². The van der Waals surface area contributed by atoms with Crippen LogP contribution in [0.2, 0.25) is 0 Å². The Hall–Kier alpha value is -0.0400. The van der Waals surface area contributed by atoms with Gasteiger partial charge in [-0.3, -0.25) is 0 Å². The van der Waals surface area contributed by atoms with Gasteiger partial charge in [0.1, 0.15) is 0 Å². The second kappa shape index (κ2) is 4.86. The van der Waals surface area contributed by atoms with Crippen molar-refractivity contribution in [2.24, 2.45) is 11.8 Å². The SMILES string of the molecule is CCCC(C)C1CCC(O)CC1. The Morgan fingerprint density at radius 1 is 1.25 bits per heavy atom. The van der Waals surface area contributed by atoms with Gasteiger partial charge >= 0.3 is 0 Å². The average Bonchev–Trinajstić information content (AvgIpc) is 2.06. The van der Waals surface area contributed by atoms with Gasteiger partial charge in [0, 0.05) is 0 Å². The van der Waals surface area contributed by atoms with Crippen molar-refractivity contribution in [1.29, 1.82) is 0 Å². The van der Waals surface area contributed by atoms with Crippen molar-refractivity contribution < 1.29 is 5.11 Å². The molecule has 0 heterocycles. The third-order valence-electron chi connectivity index (χ3n) is 3.29. The van der Waals surface area contributed by atoms with E-state index in [4.69, 9.17) is 0 Å². The lowest BCUT2D eigenvalue weighted by molar-refractivity contribution is 0.0921. The molecule has 1 aliphatic carbocycles. The standard InChI is InChI=1S/C11H22O/c1-3-4-9(2)10-5-7-11(12)8-6-10/h9-12H,3-8H2,1-2H3. The van der Waals surface area contributed by atoms with Crippen LogP contribution >= 0.6 is 0 Å². The molecular weight excluding hydrogens is 148 g/mol. The van der Waals surface area contributed by atoms with E-state index < -0.39 is 0 Å². The van der Waals surface area contributed by atoms with Gasteiger partial charge in [0.2, 0.25) is 0 Å². The maximum atomic E-state index is 9.34. The van der Waals surface area contributed by atoms with Gasteiger partial charge in [-0.2, -0.15) is 0 Å². The van der Waals surface area contributed by atoms with Crippen molar-refractivity contribution in [3.63, 3.8) is 0 Å². The Kier molecular flexibility index (Phi) is 4.07. The van der Waals surface area contributed by atoms with Crippen molar-refractivity contribution >= 4 is 0 Å². The minimum Gasteiger partial charge on any atom is -0.393 e. The van der Waals surface area contributed by atoms with Crippen LogP contribution < -0.4 is 0 Å². The molecule has 0 amide bonds. The second-order valence-corrected chi connectivity index (χ2v) is 4.33. The summed E-state index contributed by atoms with van der Waals surface area (Å²) in [6.07, 6.45) is 7.26. The van der Waals surface area contributed by atoms with Gasteiger partial charge in [-0.15, -0.1) is 0 Å². The molecule has 72 valence electrons. The molecule has 0 radical (unpaired) electrons. The zero-order valence-electron chi connectivity index (χ0n) is 8.42. The molecule has 1 heteroatoms. The van der Waals surface area contributed by atoms with E-state index in [1.807, 2.05) is 0 Å². The lowest BCUT2D eigenvalue weighted by atomic mass is 9.78. The highest BCUT2D eigenvalue weighted by atomic mass is 16.3. The van der Waals surface area contributed by atoms with E-state index in [0.29, 0.717) is 0 Å². The predicted molar refractivity (Wildman–Crippen MR) is 52.0 cm³/mol. The second-order valence-electron chi connectivity index (χ2n) is 4.33. The highest BCUT2D eigenvalue weighted by Gasteiger charge is 2.23. The van der Waals surface area contributed by atoms with Crippen molar-refractivity contribution in [1.82, 2.24) is 0 Å². The van der Waals surface area contributed by atoms with Crippen molar-refractivity contribution in [3.8, 4) is 0 Å². The molecule has 1 fully saturated rings. The molecule has 0 aromatic heterocycles. The lowest BCUT2D eigenvalue weighted by Crippen LogP contribution is -2.22. The summed E-state index contributed by atoms with van der Waals surface area (Å²) in [5.41, 5.74) is 0. The van der Waals surface area contributed by atoms with Crippen LogP contribution in [0.1, 0.15) is 52.4 Å². The van der Waals surface area contributed by atoms with Crippen LogP contribution in [0.15, 0.2) is 0 Å². The molecule has 1 aliphatic rings. The zero-order chi connectivity index (χ0) is 8.97. The molecule has 12 heavy (non-hydrogen) atoms. The van der Waals surface area contributed by atoms with Crippen LogP contribution in [0.25, 0.3) is 0 Å². The third kappa shape index (κ3) is 2.78. The molecule has 1 unspecified atom stereocenters. The van der Waals surface area contributed by atoms with Gasteiger partial charge in [-0.05, 0) is 37.5 Å². The summed E-state index contributed by atoms with van der Waals surface area (Å²) in [6.45, 7) is 4.63. The topological polar surface area (TPSA) is 20.2 Å². The van der Waals surface area contributed by atoms with E-state index in [1.165, 1.54) is 25.7 Å². The summed E-state index contributed by atoms with van der Waals surface area (Å²) < 4.78 is 0. The maximum absolute atomic E-state index is 9.34. The smallest absolute Gasteiger partial charge is 0.0540 e. The Balaban J connectivity index is 2.24. The van der Waals surface area contributed by atoms with Crippen LogP contribution in [-0.2, 0) is 0 Å². The quantitative estimate of drug-likeness (QED) is 0.690. The molecule has 0 aromatic carbocycles. The summed E-state index contributed by atoms with van der Waals surface area (Å²) in [5.74, 6) is 1.77. The first kappa shape index (κ1) is 10.0. The summed E-state index contributed by atoms with van der Waals surface area (Å²) in [4.78, 5) is 0. The molecule has 1 nitrogen and oxygen atoms in total. The van der Waals surface area contributed by atoms with Crippen molar-refractivity contribution in [2.75, 3.05) is 0 Å². The first-order valence-corrected chi connectivity index (χ1v) is 5.42. The molecule has 1 atom stereocenters. The van der Waals surface area contributed by atoms with E-state index in [2.05, 4.69) is 13.8 Å². The van der Waals surface area contributed by atoms with E-state index >= 15 is 0 Å². The van der Waals surface area contributed by atoms with E-state index in [1.54, 1.807) is 0 Å². The van der Waals surface area contributed by atoms with Crippen LogP contribution in [0.3, 0.4) is 0 Å². The molecule has 1 rings (SSSR count). The molecule has 1 saturated carbocycles. The van der Waals surface area contributed by atoms with Crippen LogP contribution in [0.4, 0.5) is 0 Å². The minimum absolute atomic E-state index is 0.00933. The van der Waals surface area contributed by atoms with Crippen LogP contribution in [-0.4, -0.2) is 11.2 Å². The van der Waals surface area contributed by atoms with Crippen molar-refractivity contribution in [2.45, 2.75) is 58.5 Å². The Morgan fingerprint density at radius 3 is 2.33 bits per heavy atom. The zero-order valence-corrected chi connectivity index (χ0v) is 8.42. The normalized spacial score (nSPS) is 33.2. The fourth-order valence-electron chi connectivity index (χ4n) is 2.36. The number of rotatable bonds is 3. The predicted octanol–water partition coefficient (Wildman–Crippen LogP) is 2.97. The molecule has 0 saturated heterocycles. The Labute approximate surface area is 76.2 Å². The van der Waals surface area contributed by atoms with Gasteiger partial charge in [0.25, 0.3) is 0 Å². The van der Waals surface area contributed by atoms with Crippen LogP contribution in [0, 0.1) is 11.8 Å². The minimum atomic E-state index is 0.00933. The fourth-order valence-corrected chi connectivity index (χ4v) is 2.36. The fraction of sp³-hybridized carbons (Fsp3) is 1.00. The molecule has 0 bridgehead atoms. The molecule has 0 aliphatic heterocycles. The maximum Gasteiger partial charge on any atom is 0.0540 e. The summed E-state index contributed by atoms with van der Waals surface area (Å²) in [7, 11) is 0. The first-order chi connectivity index (χ1) is 5.74. The Morgan fingerprint density at radius 2 is 1.83 bits per heavy atom. The molecule has 1 N–H and O–H groups in total. The Bertz CT molecular complexity index is 114. The number of hydrogen-bond donors (Lipinski definition) is 1. The van der Waals surface area contributed by atoms with E-state index in [-0.39, 0.29) is 6.10 Å².